The zero-order valence-electron chi connectivity index (χ0n) is 19.7. The monoisotopic (exact) mass is 490 g/mol. The van der Waals surface area contributed by atoms with Gasteiger partial charge in [-0.1, -0.05) is 45.4 Å². The first kappa shape index (κ1) is 26.7. The average Bonchev–Trinajstić information content (AvgIpc) is 2.80. The molecule has 0 heterocycles. The van der Waals surface area contributed by atoms with Crippen molar-refractivity contribution in [1.82, 2.24) is 0 Å². The molecule has 0 aromatic heterocycles. The number of benzene rings is 1. The maximum Gasteiger partial charge on any atom is 0.499 e. The number of ether oxygens (including phenoxy) is 2. The highest BCUT2D eigenvalue weighted by Crippen LogP contribution is 2.43. The van der Waals surface area contributed by atoms with E-state index in [9.17, 15) is 26.7 Å². The quantitative estimate of drug-likeness (QED) is 0.151. The van der Waals surface area contributed by atoms with Gasteiger partial charge in [0.15, 0.2) is 0 Å². The van der Waals surface area contributed by atoms with Crippen molar-refractivity contribution in [3.8, 4) is 11.5 Å². The molecule has 2 saturated carbocycles. The van der Waals surface area contributed by atoms with Crippen LogP contribution in [0.5, 0.6) is 11.5 Å². The second kappa shape index (κ2) is 11.7. The smallest absolute Gasteiger partial charge is 0.426 e. The number of rotatable bonds is 9. The summed E-state index contributed by atoms with van der Waals surface area (Å²) in [5.74, 6) is 1.12. The Morgan fingerprint density at radius 2 is 1.35 bits per heavy atom. The van der Waals surface area contributed by atoms with E-state index in [-0.39, 0.29) is 17.6 Å². The van der Waals surface area contributed by atoms with E-state index >= 15 is 0 Å². The number of carbonyl (C=O) groups is 1. The Morgan fingerprint density at radius 1 is 0.824 bits per heavy atom. The summed E-state index contributed by atoms with van der Waals surface area (Å²) in [6.07, 6.45) is 2.95. The second-order valence-corrected chi connectivity index (χ2v) is 9.90. The van der Waals surface area contributed by atoms with Gasteiger partial charge >= 0.3 is 18.3 Å². The highest BCUT2D eigenvalue weighted by molar-refractivity contribution is 5.75. The van der Waals surface area contributed by atoms with E-state index in [4.69, 9.17) is 4.74 Å². The Balaban J connectivity index is 1.40. The summed E-state index contributed by atoms with van der Waals surface area (Å²) < 4.78 is 71.8. The number of unbranched alkanes of at least 4 members (excludes halogenated alkanes) is 2. The molecule has 0 aliphatic heterocycles. The molecule has 2 aliphatic rings. The summed E-state index contributed by atoms with van der Waals surface area (Å²) in [7, 11) is 0. The summed E-state index contributed by atoms with van der Waals surface area (Å²) in [6.45, 7) is 2.24. The van der Waals surface area contributed by atoms with Gasteiger partial charge in [-0.25, -0.2) is 0 Å². The fourth-order valence-electron chi connectivity index (χ4n) is 5.44. The first-order valence-corrected chi connectivity index (χ1v) is 12.5. The van der Waals surface area contributed by atoms with Gasteiger partial charge in [0.1, 0.15) is 11.5 Å². The fraction of sp³-hybridized carbons (Fsp3) is 0.731. The largest absolute Gasteiger partial charge is 0.499 e. The van der Waals surface area contributed by atoms with Crippen LogP contribution < -0.4 is 9.47 Å². The second-order valence-electron chi connectivity index (χ2n) is 9.90. The third-order valence-electron chi connectivity index (χ3n) is 7.50. The van der Waals surface area contributed by atoms with Crippen LogP contribution in [0.25, 0.3) is 0 Å². The molecule has 0 spiro atoms. The molecule has 2 aliphatic carbocycles. The predicted molar refractivity (Wildman–Crippen MR) is 119 cm³/mol. The molecule has 8 heteroatoms. The van der Waals surface area contributed by atoms with E-state index in [1.165, 1.54) is 51.4 Å². The van der Waals surface area contributed by atoms with E-state index in [1.54, 1.807) is 0 Å². The normalized spacial score (nSPS) is 26.2. The predicted octanol–water partition coefficient (Wildman–Crippen LogP) is 8.32. The van der Waals surface area contributed by atoms with Crippen LogP contribution in [0.4, 0.5) is 22.0 Å². The number of hydrogen-bond acceptors (Lipinski definition) is 3. The molecular weight excluding hydrogens is 455 g/mol. The van der Waals surface area contributed by atoms with Crippen molar-refractivity contribution in [2.45, 2.75) is 96.3 Å². The zero-order valence-corrected chi connectivity index (χ0v) is 19.7. The molecule has 34 heavy (non-hydrogen) atoms. The van der Waals surface area contributed by atoms with Crippen LogP contribution in [0.15, 0.2) is 24.3 Å². The van der Waals surface area contributed by atoms with Crippen molar-refractivity contribution in [3.63, 3.8) is 0 Å². The van der Waals surface area contributed by atoms with E-state index in [0.717, 1.165) is 61.8 Å². The standard InChI is InChI=1S/C26H35F5O3/c1-2-3-4-5-18-6-8-19(9-7-18)20-10-12-21(13-11-20)24(32)33-22-14-16-23(17-15-22)34-26(30,31)25(27,28)29/h14-21H,2-13H2,1H3. The van der Waals surface area contributed by atoms with Crippen LogP contribution in [0.3, 0.4) is 0 Å². The molecule has 3 rings (SSSR count). The molecule has 0 saturated heterocycles. The molecular formula is C26H35F5O3. The van der Waals surface area contributed by atoms with Crippen LogP contribution in [0.2, 0.25) is 0 Å². The number of halogens is 5. The van der Waals surface area contributed by atoms with Gasteiger partial charge in [-0.2, -0.15) is 22.0 Å². The van der Waals surface area contributed by atoms with Crippen LogP contribution in [0, 0.1) is 23.7 Å². The number of alkyl halides is 5. The van der Waals surface area contributed by atoms with Gasteiger partial charge in [-0.3, -0.25) is 4.79 Å². The van der Waals surface area contributed by atoms with Crippen molar-refractivity contribution in [2.75, 3.05) is 0 Å². The van der Waals surface area contributed by atoms with Gasteiger partial charge < -0.3 is 9.47 Å². The molecule has 0 unspecified atom stereocenters. The van der Waals surface area contributed by atoms with Gasteiger partial charge in [0.25, 0.3) is 0 Å². The Hall–Kier alpha value is -1.86. The zero-order chi connectivity index (χ0) is 24.8. The molecule has 2 fully saturated rings. The van der Waals surface area contributed by atoms with Crippen molar-refractivity contribution in [1.29, 1.82) is 0 Å². The number of carbonyl (C=O) groups excluding carboxylic acids is 1. The van der Waals surface area contributed by atoms with Crippen molar-refractivity contribution < 1.29 is 36.2 Å². The maximum absolute atomic E-state index is 13.0. The topological polar surface area (TPSA) is 35.5 Å². The van der Waals surface area contributed by atoms with Gasteiger partial charge in [-0.15, -0.1) is 0 Å². The minimum absolute atomic E-state index is 0.0937. The first-order chi connectivity index (χ1) is 16.1. The molecule has 0 N–H and O–H groups in total. The lowest BCUT2D eigenvalue weighted by Gasteiger charge is -2.37. The fourth-order valence-corrected chi connectivity index (χ4v) is 5.44. The molecule has 1 aromatic rings. The SMILES string of the molecule is CCCCCC1CCC(C2CCC(C(=O)Oc3ccc(OC(F)(F)C(F)(F)F)cc3)CC2)CC1. The third kappa shape index (κ3) is 7.32. The molecule has 0 amide bonds. The number of esters is 1. The Bertz CT molecular complexity index is 762. The third-order valence-corrected chi connectivity index (χ3v) is 7.50. The van der Waals surface area contributed by atoms with Gasteiger partial charge in [0.2, 0.25) is 0 Å². The summed E-state index contributed by atoms with van der Waals surface area (Å²) in [4.78, 5) is 12.5. The van der Waals surface area contributed by atoms with E-state index in [1.807, 2.05) is 0 Å². The molecule has 3 nitrogen and oxygen atoms in total. The summed E-state index contributed by atoms with van der Waals surface area (Å²) >= 11 is 0. The molecule has 0 atom stereocenters. The minimum atomic E-state index is -5.81. The lowest BCUT2D eigenvalue weighted by atomic mass is 9.68. The first-order valence-electron chi connectivity index (χ1n) is 12.5. The van der Waals surface area contributed by atoms with Crippen LogP contribution in [-0.2, 0) is 4.79 Å². The summed E-state index contributed by atoms with van der Waals surface area (Å²) in [5, 5.41) is 0. The molecule has 0 bridgehead atoms. The molecule has 192 valence electrons. The van der Waals surface area contributed by atoms with Crippen LogP contribution in [0.1, 0.15) is 84.0 Å². The summed E-state index contributed by atoms with van der Waals surface area (Å²) in [6, 6.07) is 4.17. The van der Waals surface area contributed by atoms with E-state index in [2.05, 4.69) is 11.7 Å². The Morgan fingerprint density at radius 3 is 1.88 bits per heavy atom. The highest BCUT2D eigenvalue weighted by Gasteiger charge is 2.61. The van der Waals surface area contributed by atoms with Crippen LogP contribution in [-0.4, -0.2) is 18.3 Å². The molecule has 0 radical (unpaired) electrons. The maximum atomic E-state index is 13.0. The molecule has 1 aromatic carbocycles. The summed E-state index contributed by atoms with van der Waals surface area (Å²) in [5.41, 5.74) is 0. The Labute approximate surface area is 198 Å². The van der Waals surface area contributed by atoms with Crippen molar-refractivity contribution >= 4 is 5.97 Å². The van der Waals surface area contributed by atoms with Gasteiger partial charge in [0, 0.05) is 0 Å². The lowest BCUT2D eigenvalue weighted by molar-refractivity contribution is -0.360. The highest BCUT2D eigenvalue weighted by atomic mass is 19.4. The van der Waals surface area contributed by atoms with Gasteiger partial charge in [-0.05, 0) is 80.5 Å². The van der Waals surface area contributed by atoms with Crippen molar-refractivity contribution in [3.05, 3.63) is 24.3 Å². The lowest BCUT2D eigenvalue weighted by Crippen LogP contribution is -2.41. The van der Waals surface area contributed by atoms with Crippen molar-refractivity contribution in [2.24, 2.45) is 23.7 Å². The van der Waals surface area contributed by atoms with Gasteiger partial charge in [0.05, 0.1) is 5.92 Å². The van der Waals surface area contributed by atoms with E-state index in [0.29, 0.717) is 5.92 Å². The van der Waals surface area contributed by atoms with Crippen LogP contribution >= 0.6 is 0 Å². The average molecular weight is 491 g/mol. The Kier molecular flexibility index (Phi) is 9.21. The number of hydrogen-bond donors (Lipinski definition) is 0. The van der Waals surface area contributed by atoms with E-state index < -0.39 is 18.0 Å². The minimum Gasteiger partial charge on any atom is -0.426 e.